The van der Waals surface area contributed by atoms with Crippen LogP contribution < -0.4 is 0 Å². The largest absolute Gasteiger partial charge is 0.481 e. The Morgan fingerprint density at radius 2 is 2.38 bits per heavy atom. The summed E-state index contributed by atoms with van der Waals surface area (Å²) in [7, 11) is 0. The highest BCUT2D eigenvalue weighted by Crippen LogP contribution is 2.03. The smallest absolute Gasteiger partial charge is 0.305 e. The number of aliphatic carboxylic acids is 1. The first kappa shape index (κ1) is 9.77. The third kappa shape index (κ3) is 2.57. The predicted octanol–water partition coefficient (Wildman–Crippen LogP) is 1.23. The summed E-state index contributed by atoms with van der Waals surface area (Å²) < 4.78 is 1.88. The van der Waals surface area contributed by atoms with Crippen LogP contribution in [0.15, 0.2) is 6.20 Å². The molecule has 0 saturated heterocycles. The average Bonchev–Trinajstić information content (AvgIpc) is 2.43. The standard InChI is InChI=1S/C9H14N2O2/c1-3-8-6-11(7(2)10-8)5-4-9(12)13/h6H,3-5H2,1-2H3,(H,12,13). The van der Waals surface area contributed by atoms with Crippen molar-refractivity contribution in [1.82, 2.24) is 9.55 Å². The van der Waals surface area contributed by atoms with Gasteiger partial charge in [-0.15, -0.1) is 0 Å². The van der Waals surface area contributed by atoms with Gasteiger partial charge < -0.3 is 9.67 Å². The van der Waals surface area contributed by atoms with Crippen molar-refractivity contribution >= 4 is 5.97 Å². The molecule has 0 aromatic carbocycles. The van der Waals surface area contributed by atoms with Crippen LogP contribution in [0.3, 0.4) is 0 Å². The highest BCUT2D eigenvalue weighted by molar-refractivity contribution is 5.66. The SMILES string of the molecule is CCc1cn(CCC(=O)O)c(C)n1. The quantitative estimate of drug-likeness (QED) is 0.761. The molecule has 0 aliphatic carbocycles. The Morgan fingerprint density at radius 1 is 1.69 bits per heavy atom. The van der Waals surface area contributed by atoms with Crippen LogP contribution in [-0.4, -0.2) is 20.6 Å². The lowest BCUT2D eigenvalue weighted by atomic mass is 10.4. The molecule has 1 aromatic heterocycles. The van der Waals surface area contributed by atoms with Gasteiger partial charge in [-0.25, -0.2) is 4.98 Å². The van der Waals surface area contributed by atoms with Crippen molar-refractivity contribution in [1.29, 1.82) is 0 Å². The molecule has 0 unspecified atom stereocenters. The molecule has 0 saturated carbocycles. The number of hydrogen-bond acceptors (Lipinski definition) is 2. The summed E-state index contributed by atoms with van der Waals surface area (Å²) in [5.74, 6) is 0.115. The summed E-state index contributed by atoms with van der Waals surface area (Å²) in [6, 6.07) is 0. The minimum Gasteiger partial charge on any atom is -0.481 e. The second-order valence-electron chi connectivity index (χ2n) is 2.97. The zero-order valence-corrected chi connectivity index (χ0v) is 7.95. The van der Waals surface area contributed by atoms with E-state index >= 15 is 0 Å². The van der Waals surface area contributed by atoms with Crippen LogP contribution >= 0.6 is 0 Å². The summed E-state index contributed by atoms with van der Waals surface area (Å²) >= 11 is 0. The van der Waals surface area contributed by atoms with Gasteiger partial charge in [-0.1, -0.05) is 6.92 Å². The van der Waals surface area contributed by atoms with Crippen molar-refractivity contribution in [2.75, 3.05) is 0 Å². The Labute approximate surface area is 77.2 Å². The molecule has 1 heterocycles. The predicted molar refractivity (Wildman–Crippen MR) is 48.6 cm³/mol. The highest BCUT2D eigenvalue weighted by Gasteiger charge is 2.03. The van der Waals surface area contributed by atoms with Gasteiger partial charge in [0.05, 0.1) is 12.1 Å². The summed E-state index contributed by atoms with van der Waals surface area (Å²) in [6.45, 7) is 4.43. The first-order chi connectivity index (χ1) is 6.13. The number of hydrogen-bond donors (Lipinski definition) is 1. The lowest BCUT2D eigenvalue weighted by molar-refractivity contribution is -0.137. The lowest BCUT2D eigenvalue weighted by Gasteiger charge is -2.00. The fraction of sp³-hybridized carbons (Fsp3) is 0.556. The summed E-state index contributed by atoms with van der Waals surface area (Å²) in [6.07, 6.45) is 2.96. The third-order valence-electron chi connectivity index (χ3n) is 1.95. The number of nitrogens with zero attached hydrogens (tertiary/aromatic N) is 2. The first-order valence-corrected chi connectivity index (χ1v) is 4.38. The number of carbonyl (C=O) groups is 1. The molecule has 1 N–H and O–H groups in total. The van der Waals surface area contributed by atoms with Gasteiger partial charge in [0.25, 0.3) is 0 Å². The number of aryl methyl sites for hydroxylation is 3. The Balaban J connectivity index is 2.65. The van der Waals surface area contributed by atoms with E-state index in [1.54, 1.807) is 0 Å². The summed E-state index contributed by atoms with van der Waals surface area (Å²) in [5, 5.41) is 8.50. The van der Waals surface area contributed by atoms with E-state index in [0.717, 1.165) is 17.9 Å². The number of carboxylic acids is 1. The van der Waals surface area contributed by atoms with Crippen molar-refractivity contribution in [2.24, 2.45) is 0 Å². The van der Waals surface area contributed by atoms with Crippen LogP contribution in [0.1, 0.15) is 24.9 Å². The molecular weight excluding hydrogens is 168 g/mol. The first-order valence-electron chi connectivity index (χ1n) is 4.38. The maximum absolute atomic E-state index is 10.3. The molecule has 0 amide bonds. The van der Waals surface area contributed by atoms with Crippen LogP contribution in [0.5, 0.6) is 0 Å². The van der Waals surface area contributed by atoms with Crippen LogP contribution in [0.4, 0.5) is 0 Å². The van der Waals surface area contributed by atoms with E-state index in [0.29, 0.717) is 6.54 Å². The van der Waals surface area contributed by atoms with Crippen molar-refractivity contribution in [3.63, 3.8) is 0 Å². The van der Waals surface area contributed by atoms with Crippen LogP contribution in [0.25, 0.3) is 0 Å². The monoisotopic (exact) mass is 182 g/mol. The van der Waals surface area contributed by atoms with Gasteiger partial charge in [0.2, 0.25) is 0 Å². The van der Waals surface area contributed by atoms with Crippen LogP contribution in [-0.2, 0) is 17.8 Å². The molecule has 1 rings (SSSR count). The van der Waals surface area contributed by atoms with E-state index in [4.69, 9.17) is 5.11 Å². The maximum Gasteiger partial charge on any atom is 0.305 e. The number of aromatic nitrogens is 2. The Kier molecular flexibility index (Phi) is 3.06. The highest BCUT2D eigenvalue weighted by atomic mass is 16.4. The number of carboxylic acid groups (broad SMARTS) is 1. The van der Waals surface area contributed by atoms with E-state index in [2.05, 4.69) is 4.98 Å². The van der Waals surface area contributed by atoms with E-state index in [-0.39, 0.29) is 6.42 Å². The molecule has 0 spiro atoms. The van der Waals surface area contributed by atoms with Crippen molar-refractivity contribution < 1.29 is 9.90 Å². The zero-order valence-electron chi connectivity index (χ0n) is 7.95. The molecule has 72 valence electrons. The van der Waals surface area contributed by atoms with Gasteiger partial charge in [0.1, 0.15) is 5.82 Å². The maximum atomic E-state index is 10.3. The number of rotatable bonds is 4. The van der Waals surface area contributed by atoms with Gasteiger partial charge in [0, 0.05) is 12.7 Å². The minimum atomic E-state index is -0.772. The molecule has 1 aromatic rings. The zero-order chi connectivity index (χ0) is 9.84. The van der Waals surface area contributed by atoms with Gasteiger partial charge in [-0.2, -0.15) is 0 Å². The Bertz CT molecular complexity index is 305. The molecule has 0 aliphatic heterocycles. The van der Waals surface area contributed by atoms with Crippen molar-refractivity contribution in [2.45, 2.75) is 33.2 Å². The van der Waals surface area contributed by atoms with Crippen LogP contribution in [0, 0.1) is 6.92 Å². The molecule has 0 bridgehead atoms. The second-order valence-corrected chi connectivity index (χ2v) is 2.97. The summed E-state index contributed by atoms with van der Waals surface area (Å²) in [4.78, 5) is 14.6. The fourth-order valence-electron chi connectivity index (χ4n) is 1.19. The molecular formula is C9H14N2O2. The molecule has 0 fully saturated rings. The lowest BCUT2D eigenvalue weighted by Crippen LogP contribution is -2.04. The second kappa shape index (κ2) is 4.07. The van der Waals surface area contributed by atoms with Gasteiger partial charge in [-0.3, -0.25) is 4.79 Å². The minimum absolute atomic E-state index is 0.153. The summed E-state index contributed by atoms with van der Waals surface area (Å²) in [5.41, 5.74) is 1.02. The van der Waals surface area contributed by atoms with Crippen molar-refractivity contribution in [3.05, 3.63) is 17.7 Å². The number of imidazole rings is 1. The Hall–Kier alpha value is -1.32. The van der Waals surface area contributed by atoms with Gasteiger partial charge in [-0.05, 0) is 13.3 Å². The van der Waals surface area contributed by atoms with E-state index in [1.807, 2.05) is 24.6 Å². The molecule has 0 atom stereocenters. The van der Waals surface area contributed by atoms with E-state index < -0.39 is 5.97 Å². The molecule has 0 radical (unpaired) electrons. The molecule has 0 aliphatic rings. The van der Waals surface area contributed by atoms with Gasteiger partial charge in [0.15, 0.2) is 0 Å². The third-order valence-corrected chi connectivity index (χ3v) is 1.95. The van der Waals surface area contributed by atoms with Crippen molar-refractivity contribution in [3.8, 4) is 0 Å². The topological polar surface area (TPSA) is 55.1 Å². The van der Waals surface area contributed by atoms with E-state index in [9.17, 15) is 4.79 Å². The average molecular weight is 182 g/mol. The Morgan fingerprint density at radius 3 is 2.85 bits per heavy atom. The van der Waals surface area contributed by atoms with Gasteiger partial charge >= 0.3 is 5.97 Å². The molecule has 13 heavy (non-hydrogen) atoms. The molecule has 4 nitrogen and oxygen atoms in total. The van der Waals surface area contributed by atoms with Crippen LogP contribution in [0.2, 0.25) is 0 Å². The normalized spacial score (nSPS) is 10.3. The fourth-order valence-corrected chi connectivity index (χ4v) is 1.19. The molecule has 4 heteroatoms. The van der Waals surface area contributed by atoms with E-state index in [1.165, 1.54) is 0 Å².